The summed E-state index contributed by atoms with van der Waals surface area (Å²) in [6.45, 7) is 5.41. The lowest BCUT2D eigenvalue weighted by Crippen LogP contribution is -2.37. The number of aryl methyl sites for hydroxylation is 1. The number of ether oxygens (including phenoxy) is 1. The third-order valence-electron chi connectivity index (χ3n) is 7.14. The third kappa shape index (κ3) is 4.77. The van der Waals surface area contributed by atoms with E-state index in [-0.39, 0.29) is 29.9 Å². The number of hydrogen-bond acceptors (Lipinski definition) is 6. The molecule has 3 heterocycles. The van der Waals surface area contributed by atoms with E-state index in [1.165, 1.54) is 17.4 Å². The molecule has 2 atom stereocenters. The molecule has 40 heavy (non-hydrogen) atoms. The Bertz CT molecular complexity index is 1650. The first-order chi connectivity index (χ1) is 19.4. The molecule has 0 saturated heterocycles. The standard InChI is InChI=1S/C30H27N5O4S/c1-3-24(36)32-18-9-10-19(16-18)33-28(37)27-26-25-23(13-14-31-29(25)40-27)35(30(38)34-26)22-12-11-21(15-17(22)2)39-20-7-5-4-6-8-20/h3-8,11-15,18-19H,1,9-10,16H2,2H3,(H,32,36)(H,33,37)(H,34,38)/t18-,19?/m1/s1. The Morgan fingerprint density at radius 2 is 1.85 bits per heavy atom. The van der Waals surface area contributed by atoms with Crippen molar-refractivity contribution in [2.75, 3.05) is 10.2 Å². The van der Waals surface area contributed by atoms with E-state index in [2.05, 4.69) is 27.5 Å². The van der Waals surface area contributed by atoms with E-state index in [1.807, 2.05) is 55.5 Å². The van der Waals surface area contributed by atoms with Gasteiger partial charge >= 0.3 is 6.03 Å². The van der Waals surface area contributed by atoms with Crippen molar-refractivity contribution in [2.45, 2.75) is 38.3 Å². The summed E-state index contributed by atoms with van der Waals surface area (Å²) >= 11 is 1.25. The zero-order valence-corrected chi connectivity index (χ0v) is 22.6. The normalized spacial score (nSPS) is 17.8. The number of carbonyl (C=O) groups excluding carboxylic acids is 3. The van der Waals surface area contributed by atoms with Crippen molar-refractivity contribution < 1.29 is 19.1 Å². The van der Waals surface area contributed by atoms with E-state index >= 15 is 0 Å². The Morgan fingerprint density at radius 1 is 1.07 bits per heavy atom. The zero-order chi connectivity index (χ0) is 27.8. The molecular formula is C30H27N5O4S. The molecule has 1 fully saturated rings. The Kier molecular flexibility index (Phi) is 6.69. The molecule has 3 N–H and O–H groups in total. The molecule has 202 valence electrons. The SMILES string of the molecule is C=CC(=O)N[C@@H]1CCC(NC(=O)c2sc3nccc4c3c2NC(=O)N4c2ccc(Oc3ccccc3)cc2C)C1. The summed E-state index contributed by atoms with van der Waals surface area (Å²) in [5, 5.41) is 9.64. The molecule has 6 rings (SSSR count). The molecule has 9 nitrogen and oxygen atoms in total. The monoisotopic (exact) mass is 553 g/mol. The average molecular weight is 554 g/mol. The fourth-order valence-electron chi connectivity index (χ4n) is 5.31. The highest BCUT2D eigenvalue weighted by molar-refractivity contribution is 7.21. The Morgan fingerprint density at radius 3 is 2.60 bits per heavy atom. The molecule has 1 aliphatic carbocycles. The first-order valence-electron chi connectivity index (χ1n) is 13.0. The van der Waals surface area contributed by atoms with E-state index in [9.17, 15) is 14.4 Å². The van der Waals surface area contributed by atoms with E-state index in [4.69, 9.17) is 4.74 Å². The number of anilines is 3. The number of aromatic nitrogens is 1. The van der Waals surface area contributed by atoms with E-state index in [1.54, 1.807) is 17.2 Å². The summed E-state index contributed by atoms with van der Waals surface area (Å²) in [5.74, 6) is 0.907. The number of thiophene rings is 1. The van der Waals surface area contributed by atoms with Gasteiger partial charge in [0, 0.05) is 18.3 Å². The predicted octanol–water partition coefficient (Wildman–Crippen LogP) is 6.03. The van der Waals surface area contributed by atoms with Gasteiger partial charge in [-0.1, -0.05) is 24.8 Å². The number of pyridine rings is 1. The maximum Gasteiger partial charge on any atom is 0.331 e. The lowest BCUT2D eigenvalue weighted by atomic mass is 10.1. The van der Waals surface area contributed by atoms with Crippen molar-refractivity contribution in [2.24, 2.45) is 0 Å². The molecule has 1 unspecified atom stereocenters. The van der Waals surface area contributed by atoms with Crippen LogP contribution in [-0.2, 0) is 4.79 Å². The van der Waals surface area contributed by atoms with E-state index < -0.39 is 0 Å². The fourth-order valence-corrected chi connectivity index (χ4v) is 6.33. The number of nitrogens with zero attached hydrogens (tertiary/aromatic N) is 2. The Balaban J connectivity index is 1.27. The molecule has 4 aromatic rings. The van der Waals surface area contributed by atoms with Crippen LogP contribution >= 0.6 is 11.3 Å². The minimum atomic E-state index is -0.361. The minimum absolute atomic E-state index is 0.00851. The van der Waals surface area contributed by atoms with Gasteiger partial charge < -0.3 is 20.7 Å². The van der Waals surface area contributed by atoms with Crippen molar-refractivity contribution in [1.82, 2.24) is 15.6 Å². The first-order valence-corrected chi connectivity index (χ1v) is 13.8. The molecule has 0 bridgehead atoms. The molecule has 2 aliphatic rings. The van der Waals surface area contributed by atoms with Gasteiger partial charge in [-0.05, 0) is 74.2 Å². The fraction of sp³-hybridized carbons (Fsp3) is 0.200. The Labute approximate surface area is 234 Å². The summed E-state index contributed by atoms with van der Waals surface area (Å²) in [7, 11) is 0. The van der Waals surface area contributed by atoms with Gasteiger partial charge in [0.1, 0.15) is 21.2 Å². The highest BCUT2D eigenvalue weighted by atomic mass is 32.1. The Hall–Kier alpha value is -4.70. The highest BCUT2D eigenvalue weighted by Gasteiger charge is 2.34. The molecule has 2 aromatic carbocycles. The van der Waals surface area contributed by atoms with Crippen LogP contribution in [0.3, 0.4) is 0 Å². The van der Waals surface area contributed by atoms with Gasteiger partial charge in [-0.3, -0.25) is 14.5 Å². The number of benzene rings is 2. The summed E-state index contributed by atoms with van der Waals surface area (Å²) in [6.07, 6.45) is 5.06. The second kappa shape index (κ2) is 10.5. The predicted molar refractivity (Wildman–Crippen MR) is 156 cm³/mol. The smallest absolute Gasteiger partial charge is 0.331 e. The minimum Gasteiger partial charge on any atom is -0.457 e. The molecule has 1 saturated carbocycles. The maximum absolute atomic E-state index is 13.5. The van der Waals surface area contributed by atoms with Crippen molar-refractivity contribution >= 4 is 56.5 Å². The second-order valence-corrected chi connectivity index (χ2v) is 10.8. The molecular weight excluding hydrogens is 526 g/mol. The molecule has 0 radical (unpaired) electrons. The molecule has 2 aromatic heterocycles. The number of hydrogen-bond donors (Lipinski definition) is 3. The summed E-state index contributed by atoms with van der Waals surface area (Å²) < 4.78 is 5.96. The second-order valence-electron chi connectivity index (χ2n) is 9.84. The number of rotatable bonds is 7. The van der Waals surface area contributed by atoms with Crippen molar-refractivity contribution in [3.63, 3.8) is 0 Å². The van der Waals surface area contributed by atoms with Crippen molar-refractivity contribution in [1.29, 1.82) is 0 Å². The van der Waals surface area contributed by atoms with Crippen LogP contribution in [0.1, 0.15) is 34.5 Å². The van der Waals surface area contributed by atoms with E-state index in [0.29, 0.717) is 38.9 Å². The van der Waals surface area contributed by atoms with Gasteiger partial charge in [0.25, 0.3) is 5.91 Å². The average Bonchev–Trinajstić information content (AvgIpc) is 3.55. The molecule has 4 amide bonds. The third-order valence-corrected chi connectivity index (χ3v) is 8.24. The van der Waals surface area contributed by atoms with Crippen LogP contribution in [0.5, 0.6) is 11.5 Å². The summed E-state index contributed by atoms with van der Waals surface area (Å²) in [4.78, 5) is 45.7. The quantitative estimate of drug-likeness (QED) is 0.242. The topological polar surface area (TPSA) is 113 Å². The number of urea groups is 1. The van der Waals surface area contributed by atoms with Crippen LogP contribution in [0, 0.1) is 6.92 Å². The van der Waals surface area contributed by atoms with Crippen molar-refractivity contribution in [3.05, 3.63) is 83.9 Å². The van der Waals surface area contributed by atoms with Gasteiger partial charge in [-0.15, -0.1) is 11.3 Å². The van der Waals surface area contributed by atoms with Crippen LogP contribution < -0.4 is 25.6 Å². The van der Waals surface area contributed by atoms with Gasteiger partial charge in [0.15, 0.2) is 0 Å². The molecule has 1 aliphatic heterocycles. The lowest BCUT2D eigenvalue weighted by molar-refractivity contribution is -0.117. The molecule has 10 heteroatoms. The molecule has 0 spiro atoms. The van der Waals surface area contributed by atoms with Gasteiger partial charge in [-0.25, -0.2) is 9.78 Å². The van der Waals surface area contributed by atoms with Gasteiger partial charge in [0.05, 0.1) is 22.4 Å². The summed E-state index contributed by atoms with van der Waals surface area (Å²) in [6, 6.07) is 16.4. The van der Waals surface area contributed by atoms with Crippen LogP contribution in [-0.4, -0.2) is 34.9 Å². The van der Waals surface area contributed by atoms with Crippen LogP contribution in [0.2, 0.25) is 0 Å². The van der Waals surface area contributed by atoms with E-state index in [0.717, 1.165) is 29.5 Å². The van der Waals surface area contributed by atoms with Crippen molar-refractivity contribution in [3.8, 4) is 11.5 Å². The maximum atomic E-state index is 13.5. The number of nitrogens with one attached hydrogen (secondary N) is 3. The lowest BCUT2D eigenvalue weighted by Gasteiger charge is -2.29. The van der Waals surface area contributed by atoms with Gasteiger partial charge in [0.2, 0.25) is 5.91 Å². The zero-order valence-electron chi connectivity index (χ0n) is 21.8. The van der Waals surface area contributed by atoms with Gasteiger partial charge in [-0.2, -0.15) is 0 Å². The highest BCUT2D eigenvalue weighted by Crippen LogP contribution is 2.46. The number of amides is 4. The largest absolute Gasteiger partial charge is 0.457 e. The first kappa shape index (κ1) is 25.6. The van der Waals surface area contributed by atoms with Crippen LogP contribution in [0.25, 0.3) is 10.2 Å². The number of carbonyl (C=O) groups is 3. The van der Waals surface area contributed by atoms with Crippen LogP contribution in [0.4, 0.5) is 21.9 Å². The summed E-state index contributed by atoms with van der Waals surface area (Å²) in [5.41, 5.74) is 2.68. The van der Waals surface area contributed by atoms with Crippen LogP contribution in [0.15, 0.2) is 73.4 Å². The number of para-hydroxylation sites is 1.